The number of hydrogen-bond acceptors (Lipinski definition) is 6. The van der Waals surface area contributed by atoms with Gasteiger partial charge in [-0.3, -0.25) is 29.4 Å². The largest absolute Gasteiger partial charge is 0.369 e. The number of benzene rings is 1. The van der Waals surface area contributed by atoms with Gasteiger partial charge in [-0.25, -0.2) is 4.39 Å². The summed E-state index contributed by atoms with van der Waals surface area (Å²) in [6.07, 6.45) is 1.01. The molecule has 144 valence electrons. The maximum Gasteiger partial charge on any atom is 0.262 e. The fourth-order valence-electron chi connectivity index (χ4n) is 4.69. The van der Waals surface area contributed by atoms with E-state index < -0.39 is 35.5 Å². The van der Waals surface area contributed by atoms with Crippen LogP contribution in [0.15, 0.2) is 12.1 Å². The van der Waals surface area contributed by atoms with Gasteiger partial charge < -0.3 is 9.69 Å². The van der Waals surface area contributed by atoms with Gasteiger partial charge in [-0.2, -0.15) is 0 Å². The maximum absolute atomic E-state index is 14.7. The average Bonchev–Trinajstić information content (AvgIpc) is 3.02. The fraction of sp³-hybridized carbons (Fsp3) is 0.421. The molecule has 5 rings (SSSR count). The number of amides is 4. The number of anilines is 1. The minimum absolute atomic E-state index is 0.0257. The van der Waals surface area contributed by atoms with Gasteiger partial charge in [-0.1, -0.05) is 0 Å². The van der Waals surface area contributed by atoms with Crippen LogP contribution in [0.5, 0.6) is 0 Å². The van der Waals surface area contributed by atoms with Gasteiger partial charge in [0.2, 0.25) is 11.8 Å². The number of fused-ring (bicyclic) bond motifs is 2. The molecular weight excluding hydrogens is 369 g/mol. The second kappa shape index (κ2) is 5.70. The molecule has 1 aromatic rings. The Kier molecular flexibility index (Phi) is 3.47. The van der Waals surface area contributed by atoms with Crippen LogP contribution >= 0.6 is 0 Å². The minimum Gasteiger partial charge on any atom is -0.369 e. The van der Waals surface area contributed by atoms with E-state index in [1.165, 1.54) is 6.07 Å². The van der Waals surface area contributed by atoms with E-state index in [1.54, 1.807) is 4.90 Å². The van der Waals surface area contributed by atoms with Crippen LogP contribution in [0.1, 0.15) is 33.6 Å². The van der Waals surface area contributed by atoms with Gasteiger partial charge >= 0.3 is 0 Å². The van der Waals surface area contributed by atoms with Crippen LogP contribution in [0.4, 0.5) is 10.1 Å². The average molecular weight is 385 g/mol. The summed E-state index contributed by atoms with van der Waals surface area (Å²) in [4.78, 5) is 62.5. The third kappa shape index (κ3) is 2.25. The first-order valence-electron chi connectivity index (χ1n) is 9.16. The second-order valence-electron chi connectivity index (χ2n) is 7.74. The zero-order chi connectivity index (χ0) is 19.7. The summed E-state index contributed by atoms with van der Waals surface area (Å²) in [5, 5.41) is 2.13. The summed E-state index contributed by atoms with van der Waals surface area (Å²) in [6, 6.07) is 1.32. The molecule has 9 heteroatoms. The molecule has 0 aromatic heterocycles. The van der Waals surface area contributed by atoms with E-state index in [4.69, 9.17) is 0 Å². The molecule has 4 atom stereocenters. The lowest BCUT2D eigenvalue weighted by molar-refractivity contribution is -0.136. The lowest BCUT2D eigenvalue weighted by atomic mass is 10.0. The normalized spacial score (nSPS) is 31.0. The van der Waals surface area contributed by atoms with Crippen molar-refractivity contribution in [1.82, 2.24) is 10.2 Å². The molecule has 1 aliphatic carbocycles. The molecule has 1 saturated carbocycles. The van der Waals surface area contributed by atoms with Gasteiger partial charge in [0.05, 0.1) is 16.8 Å². The first kappa shape index (κ1) is 17.0. The summed E-state index contributed by atoms with van der Waals surface area (Å²) >= 11 is 0. The molecule has 0 spiro atoms. The first-order chi connectivity index (χ1) is 13.4. The van der Waals surface area contributed by atoms with Crippen LogP contribution in [-0.4, -0.2) is 53.9 Å². The Morgan fingerprint density at radius 1 is 1.04 bits per heavy atom. The number of piperidine rings is 2. The van der Waals surface area contributed by atoms with Crippen LogP contribution < -0.4 is 10.2 Å². The molecule has 1 unspecified atom stereocenters. The zero-order valence-corrected chi connectivity index (χ0v) is 14.7. The van der Waals surface area contributed by atoms with Crippen molar-refractivity contribution in [3.05, 3.63) is 29.1 Å². The molecule has 4 aliphatic rings. The summed E-state index contributed by atoms with van der Waals surface area (Å²) in [7, 11) is 0. The highest BCUT2D eigenvalue weighted by molar-refractivity contribution is 6.23. The van der Waals surface area contributed by atoms with Crippen molar-refractivity contribution in [1.29, 1.82) is 0 Å². The minimum atomic E-state index is -1.08. The highest BCUT2D eigenvalue weighted by atomic mass is 19.1. The van der Waals surface area contributed by atoms with E-state index in [1.807, 2.05) is 0 Å². The lowest BCUT2D eigenvalue weighted by Gasteiger charge is -2.27. The van der Waals surface area contributed by atoms with E-state index >= 15 is 0 Å². The van der Waals surface area contributed by atoms with Crippen molar-refractivity contribution in [3.8, 4) is 0 Å². The van der Waals surface area contributed by atoms with Crippen molar-refractivity contribution in [3.63, 3.8) is 0 Å². The lowest BCUT2D eigenvalue weighted by Crippen LogP contribution is -2.54. The number of aldehydes is 1. The predicted molar refractivity (Wildman–Crippen MR) is 91.8 cm³/mol. The Balaban J connectivity index is 1.44. The van der Waals surface area contributed by atoms with Crippen molar-refractivity contribution < 1.29 is 28.4 Å². The van der Waals surface area contributed by atoms with E-state index in [2.05, 4.69) is 5.32 Å². The first-order valence-corrected chi connectivity index (χ1v) is 9.16. The number of carbonyl (C=O) groups is 5. The van der Waals surface area contributed by atoms with Crippen LogP contribution in [0.2, 0.25) is 0 Å². The summed E-state index contributed by atoms with van der Waals surface area (Å²) in [5.41, 5.74) is 0.201. The SMILES string of the molecule is O=C[C@H]1[C@H]2CN(c3cc4c(cc3F)C(=O)N(C3CCC(=O)NC3=O)C4=O)C[C@@H]12. The van der Waals surface area contributed by atoms with E-state index in [0.717, 1.165) is 17.3 Å². The van der Waals surface area contributed by atoms with Gasteiger partial charge in [0.25, 0.3) is 11.8 Å². The molecule has 1 N–H and O–H groups in total. The van der Waals surface area contributed by atoms with Gasteiger partial charge in [-0.05, 0) is 30.4 Å². The topological polar surface area (TPSA) is 104 Å². The molecule has 2 saturated heterocycles. The van der Waals surface area contributed by atoms with E-state index in [-0.39, 0.29) is 47.4 Å². The molecule has 8 nitrogen and oxygen atoms in total. The molecule has 3 aliphatic heterocycles. The van der Waals surface area contributed by atoms with Crippen LogP contribution in [-0.2, 0) is 14.4 Å². The molecular formula is C19H16FN3O5. The Labute approximate surface area is 158 Å². The third-order valence-corrected chi connectivity index (χ3v) is 6.27. The number of nitrogens with one attached hydrogen (secondary N) is 1. The molecule has 28 heavy (non-hydrogen) atoms. The number of halogens is 1. The summed E-state index contributed by atoms with van der Waals surface area (Å²) < 4.78 is 14.7. The summed E-state index contributed by atoms with van der Waals surface area (Å²) in [5.74, 6) is -2.71. The van der Waals surface area contributed by atoms with Gasteiger partial charge in [-0.15, -0.1) is 0 Å². The van der Waals surface area contributed by atoms with Gasteiger partial charge in [0, 0.05) is 25.4 Å². The second-order valence-corrected chi connectivity index (χ2v) is 7.74. The van der Waals surface area contributed by atoms with Crippen molar-refractivity contribution in [2.45, 2.75) is 18.9 Å². The Bertz CT molecular complexity index is 965. The number of carbonyl (C=O) groups excluding carboxylic acids is 5. The van der Waals surface area contributed by atoms with E-state index in [0.29, 0.717) is 13.1 Å². The van der Waals surface area contributed by atoms with Crippen molar-refractivity contribution in [2.24, 2.45) is 17.8 Å². The molecule has 1 aromatic carbocycles. The Morgan fingerprint density at radius 2 is 1.68 bits per heavy atom. The molecule has 0 bridgehead atoms. The Hall–Kier alpha value is -3.10. The van der Waals surface area contributed by atoms with Gasteiger partial charge in [0.15, 0.2) is 0 Å². The number of rotatable bonds is 3. The smallest absolute Gasteiger partial charge is 0.262 e. The van der Waals surface area contributed by atoms with Gasteiger partial charge in [0.1, 0.15) is 18.1 Å². The zero-order valence-electron chi connectivity index (χ0n) is 14.7. The third-order valence-electron chi connectivity index (χ3n) is 6.27. The molecule has 3 heterocycles. The highest BCUT2D eigenvalue weighted by Gasteiger charge is 2.56. The number of imide groups is 2. The quantitative estimate of drug-likeness (QED) is 0.585. The van der Waals surface area contributed by atoms with Crippen LogP contribution in [0.25, 0.3) is 0 Å². The van der Waals surface area contributed by atoms with E-state index in [9.17, 15) is 28.4 Å². The highest BCUT2D eigenvalue weighted by Crippen LogP contribution is 2.51. The van der Waals surface area contributed by atoms with Crippen molar-refractivity contribution >= 4 is 35.6 Å². The summed E-state index contributed by atoms with van der Waals surface area (Å²) in [6.45, 7) is 1.06. The predicted octanol–water partition coefficient (Wildman–Crippen LogP) is 0.108. The molecule has 0 radical (unpaired) electrons. The Morgan fingerprint density at radius 3 is 2.29 bits per heavy atom. The van der Waals surface area contributed by atoms with Crippen LogP contribution in [0, 0.1) is 23.6 Å². The standard InChI is InChI=1S/C19H16FN3O5/c20-13-3-8-9(4-15(13)22-5-10-11(6-22)12(10)7-24)19(28)23(18(8)27)14-1-2-16(25)21-17(14)26/h3-4,7,10-12,14H,1-2,5-6H2,(H,21,25,26)/t10-,11+,12-,14?. The molecule has 4 amide bonds. The molecule has 3 fully saturated rings. The maximum atomic E-state index is 14.7. The van der Waals surface area contributed by atoms with Crippen LogP contribution in [0.3, 0.4) is 0 Å². The fourth-order valence-corrected chi connectivity index (χ4v) is 4.69. The van der Waals surface area contributed by atoms with Crippen molar-refractivity contribution in [2.75, 3.05) is 18.0 Å². The monoisotopic (exact) mass is 385 g/mol. The number of hydrogen-bond donors (Lipinski definition) is 1. The number of nitrogens with zero attached hydrogens (tertiary/aromatic N) is 2.